The van der Waals surface area contributed by atoms with Gasteiger partial charge < -0.3 is 16.3 Å². The van der Waals surface area contributed by atoms with Crippen LogP contribution in [-0.4, -0.2) is 19.0 Å². The molecule has 0 aliphatic heterocycles. The minimum Gasteiger partial charge on any atom is -0.489 e. The summed E-state index contributed by atoms with van der Waals surface area (Å²) in [6.45, 7) is 0.205. The summed E-state index contributed by atoms with van der Waals surface area (Å²) >= 11 is 0. The van der Waals surface area contributed by atoms with Crippen LogP contribution in [0.4, 0.5) is 10.1 Å². The molecule has 24 heavy (non-hydrogen) atoms. The number of hydrogen-bond donors (Lipinski definition) is 2. The summed E-state index contributed by atoms with van der Waals surface area (Å²) in [5, 5.41) is 11.8. The molecule has 0 atom stereocenters. The molecule has 2 aromatic rings. The lowest BCUT2D eigenvalue weighted by molar-refractivity contribution is 0.347. The quantitative estimate of drug-likeness (QED) is 0.280. The molecule has 0 aliphatic rings. The molecule has 0 fully saturated rings. The highest BCUT2D eigenvalue weighted by Crippen LogP contribution is 2.16. The number of nitrogens with two attached hydrogens (primary N) is 2. The largest absolute Gasteiger partial charge is 0.489 e. The Morgan fingerprint density at radius 3 is 2.38 bits per heavy atom. The Morgan fingerprint density at radius 2 is 1.79 bits per heavy atom. The smallest absolute Gasteiger partial charge is 0.200 e. The van der Waals surface area contributed by atoms with Gasteiger partial charge in [0.15, 0.2) is 5.84 Å². The van der Waals surface area contributed by atoms with E-state index in [1.54, 1.807) is 24.3 Å². The van der Waals surface area contributed by atoms with Crippen molar-refractivity contribution >= 4 is 11.5 Å². The molecule has 2 aromatic carbocycles. The summed E-state index contributed by atoms with van der Waals surface area (Å²) in [5.74, 6) is 6.24. The number of rotatable bonds is 6. The second-order valence-corrected chi connectivity index (χ2v) is 4.77. The van der Waals surface area contributed by atoms with Crippen molar-refractivity contribution in [3.05, 3.63) is 72.1 Å². The Morgan fingerprint density at radius 1 is 1.08 bits per heavy atom. The molecule has 4 N–H and O–H groups in total. The zero-order valence-corrected chi connectivity index (χ0v) is 13.0. The highest BCUT2D eigenvalue weighted by Gasteiger charge is 2.04. The predicted molar refractivity (Wildman–Crippen MR) is 91.9 cm³/mol. The number of nitrogens with zero attached hydrogens (tertiary/aromatic N) is 3. The molecule has 0 radical (unpaired) electrons. The lowest BCUT2D eigenvalue weighted by Gasteiger charge is -2.07. The molecule has 0 aromatic heterocycles. The molecule has 124 valence electrons. The van der Waals surface area contributed by atoms with Crippen LogP contribution in [0.5, 0.6) is 5.75 Å². The Bertz CT molecular complexity index is 726. The molecule has 6 nitrogen and oxygen atoms in total. The van der Waals surface area contributed by atoms with Crippen molar-refractivity contribution < 1.29 is 9.13 Å². The van der Waals surface area contributed by atoms with Crippen LogP contribution in [0.25, 0.3) is 0 Å². The molecular weight excluding hydrogens is 309 g/mol. The van der Waals surface area contributed by atoms with Crippen LogP contribution >= 0.6 is 0 Å². The number of hydrazone groups is 1. The fourth-order valence-corrected chi connectivity index (χ4v) is 1.77. The number of benzene rings is 2. The van der Waals surface area contributed by atoms with Crippen LogP contribution < -0.4 is 16.3 Å². The van der Waals surface area contributed by atoms with E-state index in [0.29, 0.717) is 28.9 Å². The molecule has 7 heteroatoms. The maximum absolute atomic E-state index is 12.4. The van der Waals surface area contributed by atoms with Crippen LogP contribution in [0, 0.1) is 0 Å². The molecule has 0 spiro atoms. The minimum absolute atomic E-state index is 0.0951. The maximum atomic E-state index is 12.4. The summed E-state index contributed by atoms with van der Waals surface area (Å²) in [5.41, 5.74) is 7.13. The van der Waals surface area contributed by atoms with Gasteiger partial charge in [-0.1, -0.05) is 18.2 Å². The van der Waals surface area contributed by atoms with Gasteiger partial charge in [0.1, 0.15) is 12.4 Å². The third-order valence-electron chi connectivity index (χ3n) is 3.09. The summed E-state index contributed by atoms with van der Waals surface area (Å²) in [4.78, 5) is 0. The van der Waals surface area contributed by atoms with E-state index in [9.17, 15) is 4.39 Å². The van der Waals surface area contributed by atoms with E-state index in [1.807, 2.05) is 30.3 Å². The van der Waals surface area contributed by atoms with Gasteiger partial charge in [-0.05, 0) is 36.4 Å². The zero-order valence-electron chi connectivity index (χ0n) is 13.0. The lowest BCUT2D eigenvalue weighted by Crippen LogP contribution is -2.10. The van der Waals surface area contributed by atoms with Crippen molar-refractivity contribution in [1.29, 1.82) is 0 Å². The second kappa shape index (κ2) is 9.16. The van der Waals surface area contributed by atoms with Crippen molar-refractivity contribution in [2.45, 2.75) is 0 Å². The van der Waals surface area contributed by atoms with Crippen LogP contribution in [0.15, 0.2) is 81.8 Å². The van der Waals surface area contributed by atoms with Crippen molar-refractivity contribution in [2.75, 3.05) is 13.2 Å². The molecule has 2 rings (SSSR count). The van der Waals surface area contributed by atoms with Gasteiger partial charge in [-0.3, -0.25) is 0 Å². The van der Waals surface area contributed by atoms with E-state index in [4.69, 9.17) is 16.3 Å². The van der Waals surface area contributed by atoms with Gasteiger partial charge >= 0.3 is 0 Å². The number of halogens is 1. The molecule has 0 bridgehead atoms. The standard InChI is InChI=1S/C17H18FN5O/c18-10-13(11-19)12-24-16-8-6-14(7-9-16)17(21-20)23-22-15-4-2-1-3-5-15/h1-10H,11-12,19-20H2/b13-10-,21-17?,23-22?. The molecular formula is C17H18FN5O. The first-order valence-corrected chi connectivity index (χ1v) is 7.23. The first-order chi connectivity index (χ1) is 11.8. The predicted octanol–water partition coefficient (Wildman–Crippen LogP) is 3.28. The Hall–Kier alpha value is -3.06. The third kappa shape index (κ3) is 4.99. The molecule has 0 aliphatic carbocycles. The molecule has 0 unspecified atom stereocenters. The summed E-state index contributed by atoms with van der Waals surface area (Å²) in [6.07, 6.45) is 0.456. The minimum atomic E-state index is 0.0951. The zero-order chi connectivity index (χ0) is 17.2. The van der Waals surface area contributed by atoms with Gasteiger partial charge in [-0.2, -0.15) is 5.10 Å². The van der Waals surface area contributed by atoms with E-state index in [2.05, 4.69) is 15.3 Å². The fraction of sp³-hybridized carbons (Fsp3) is 0.118. The van der Waals surface area contributed by atoms with Crippen LogP contribution in [0.2, 0.25) is 0 Å². The van der Waals surface area contributed by atoms with Gasteiger partial charge in [0.25, 0.3) is 0 Å². The van der Waals surface area contributed by atoms with Crippen LogP contribution in [0.1, 0.15) is 5.56 Å². The molecule has 0 heterocycles. The average Bonchev–Trinajstić information content (AvgIpc) is 2.65. The average molecular weight is 327 g/mol. The summed E-state index contributed by atoms with van der Waals surface area (Å²) < 4.78 is 17.9. The molecule has 0 saturated heterocycles. The Kier molecular flexibility index (Phi) is 6.60. The topological polar surface area (TPSA) is 98.3 Å². The highest BCUT2D eigenvalue weighted by molar-refractivity contribution is 5.99. The van der Waals surface area contributed by atoms with Crippen molar-refractivity contribution in [3.63, 3.8) is 0 Å². The summed E-state index contributed by atoms with van der Waals surface area (Å²) in [6, 6.07) is 16.2. The van der Waals surface area contributed by atoms with Gasteiger partial charge in [-0.15, -0.1) is 10.2 Å². The number of hydrogen-bond acceptors (Lipinski definition) is 5. The number of amidine groups is 1. The Labute approximate surface area is 139 Å². The van der Waals surface area contributed by atoms with Crippen LogP contribution in [0.3, 0.4) is 0 Å². The Balaban J connectivity index is 2.04. The van der Waals surface area contributed by atoms with E-state index in [0.717, 1.165) is 0 Å². The lowest BCUT2D eigenvalue weighted by atomic mass is 10.2. The van der Waals surface area contributed by atoms with E-state index < -0.39 is 0 Å². The molecule has 0 amide bonds. The van der Waals surface area contributed by atoms with Crippen molar-refractivity contribution in [1.82, 2.24) is 0 Å². The van der Waals surface area contributed by atoms with Gasteiger partial charge in [0.2, 0.25) is 0 Å². The first kappa shape index (κ1) is 17.3. The summed E-state index contributed by atoms with van der Waals surface area (Å²) in [7, 11) is 0. The second-order valence-electron chi connectivity index (χ2n) is 4.77. The fourth-order valence-electron chi connectivity index (χ4n) is 1.77. The van der Waals surface area contributed by atoms with Crippen molar-refractivity contribution in [3.8, 4) is 5.75 Å². The normalized spacial score (nSPS) is 12.6. The van der Waals surface area contributed by atoms with E-state index in [-0.39, 0.29) is 19.0 Å². The SMILES string of the molecule is NC/C(=C/F)COc1ccc(C(N=Nc2ccccc2)=NN)cc1. The monoisotopic (exact) mass is 327 g/mol. The van der Waals surface area contributed by atoms with Gasteiger partial charge in [-0.25, -0.2) is 4.39 Å². The van der Waals surface area contributed by atoms with E-state index in [1.165, 1.54) is 0 Å². The maximum Gasteiger partial charge on any atom is 0.200 e. The number of ether oxygens (including phenoxy) is 1. The van der Waals surface area contributed by atoms with Gasteiger partial charge in [0.05, 0.1) is 12.0 Å². The number of azo groups is 1. The van der Waals surface area contributed by atoms with Crippen molar-refractivity contribution in [2.24, 2.45) is 26.9 Å². The van der Waals surface area contributed by atoms with E-state index >= 15 is 0 Å². The first-order valence-electron chi connectivity index (χ1n) is 7.23. The third-order valence-corrected chi connectivity index (χ3v) is 3.09. The highest BCUT2D eigenvalue weighted by atomic mass is 19.1. The van der Waals surface area contributed by atoms with Gasteiger partial charge in [0, 0.05) is 17.7 Å². The van der Waals surface area contributed by atoms with Crippen LogP contribution in [-0.2, 0) is 0 Å². The molecule has 0 saturated carbocycles.